The van der Waals surface area contributed by atoms with Gasteiger partial charge in [-0.15, -0.1) is 0 Å². The topological polar surface area (TPSA) is 39.1 Å². The molecule has 0 spiro atoms. The van der Waals surface area contributed by atoms with Crippen molar-refractivity contribution in [3.05, 3.63) is 0 Å². The van der Waals surface area contributed by atoms with Crippen molar-refractivity contribution in [2.24, 2.45) is 5.92 Å². The van der Waals surface area contributed by atoms with E-state index in [1.165, 1.54) is 58.0 Å². The minimum absolute atomic E-state index is 0.232. The van der Waals surface area contributed by atoms with Crippen molar-refractivity contribution in [2.45, 2.75) is 70.4 Å². The standard InChI is InChI=1S/C16H29N3/c1-14(19-10-6-3-7-11-19)13-18-16-9-5-2-4-8-15(16)12-17/h14-16,18H,2-11,13H2,1H3. The first-order valence-electron chi connectivity index (χ1n) is 8.18. The summed E-state index contributed by atoms with van der Waals surface area (Å²) in [6.45, 7) is 5.89. The summed E-state index contributed by atoms with van der Waals surface area (Å²) in [5, 5.41) is 13.0. The van der Waals surface area contributed by atoms with Gasteiger partial charge in [-0.1, -0.05) is 25.7 Å². The molecule has 3 unspecified atom stereocenters. The van der Waals surface area contributed by atoms with Gasteiger partial charge in [0.2, 0.25) is 0 Å². The Morgan fingerprint density at radius 1 is 1.11 bits per heavy atom. The molecule has 1 saturated carbocycles. The second-order valence-corrected chi connectivity index (χ2v) is 6.33. The van der Waals surface area contributed by atoms with Gasteiger partial charge in [0.05, 0.1) is 12.0 Å². The van der Waals surface area contributed by atoms with Crippen LogP contribution in [-0.4, -0.2) is 36.6 Å². The average molecular weight is 263 g/mol. The van der Waals surface area contributed by atoms with Crippen LogP contribution in [0, 0.1) is 17.2 Å². The maximum absolute atomic E-state index is 9.30. The van der Waals surface area contributed by atoms with E-state index in [0.717, 1.165) is 13.0 Å². The Morgan fingerprint density at radius 3 is 2.53 bits per heavy atom. The summed E-state index contributed by atoms with van der Waals surface area (Å²) in [5.74, 6) is 0.232. The minimum atomic E-state index is 0.232. The third kappa shape index (κ3) is 4.47. The number of nitrogens with zero attached hydrogens (tertiary/aromatic N) is 2. The lowest BCUT2D eigenvalue weighted by Crippen LogP contribution is -2.46. The van der Waals surface area contributed by atoms with Gasteiger partial charge >= 0.3 is 0 Å². The second-order valence-electron chi connectivity index (χ2n) is 6.33. The molecular weight excluding hydrogens is 234 g/mol. The summed E-state index contributed by atoms with van der Waals surface area (Å²) in [6, 6.07) is 3.57. The lowest BCUT2D eigenvalue weighted by atomic mass is 9.96. The molecule has 1 heterocycles. The van der Waals surface area contributed by atoms with Gasteiger partial charge < -0.3 is 5.32 Å². The largest absolute Gasteiger partial charge is 0.311 e. The number of likely N-dealkylation sites (tertiary alicyclic amines) is 1. The molecule has 0 aromatic carbocycles. The molecule has 2 aliphatic rings. The van der Waals surface area contributed by atoms with Gasteiger partial charge in [-0.3, -0.25) is 4.90 Å². The zero-order chi connectivity index (χ0) is 13.5. The van der Waals surface area contributed by atoms with Crippen LogP contribution in [0.5, 0.6) is 0 Å². The Bertz CT molecular complexity index is 291. The van der Waals surface area contributed by atoms with Gasteiger partial charge in [0.25, 0.3) is 0 Å². The number of nitriles is 1. The molecular formula is C16H29N3. The maximum atomic E-state index is 9.30. The van der Waals surface area contributed by atoms with Crippen LogP contribution in [-0.2, 0) is 0 Å². The van der Waals surface area contributed by atoms with Crippen molar-refractivity contribution in [3.63, 3.8) is 0 Å². The van der Waals surface area contributed by atoms with E-state index in [4.69, 9.17) is 0 Å². The van der Waals surface area contributed by atoms with E-state index in [1.54, 1.807) is 0 Å². The Morgan fingerprint density at radius 2 is 1.79 bits per heavy atom. The van der Waals surface area contributed by atoms with Crippen molar-refractivity contribution in [1.29, 1.82) is 5.26 Å². The van der Waals surface area contributed by atoms with Crippen LogP contribution in [0.25, 0.3) is 0 Å². The molecule has 1 aliphatic heterocycles. The third-order valence-electron chi connectivity index (χ3n) is 4.87. The maximum Gasteiger partial charge on any atom is 0.0672 e. The molecule has 108 valence electrons. The number of rotatable bonds is 4. The summed E-state index contributed by atoms with van der Waals surface area (Å²) >= 11 is 0. The normalized spacial score (nSPS) is 31.4. The molecule has 0 bridgehead atoms. The van der Waals surface area contributed by atoms with Gasteiger partial charge in [-0.25, -0.2) is 0 Å². The minimum Gasteiger partial charge on any atom is -0.311 e. The van der Waals surface area contributed by atoms with E-state index in [1.807, 2.05) is 0 Å². The number of nitrogens with one attached hydrogen (secondary N) is 1. The Hall–Kier alpha value is -0.590. The van der Waals surface area contributed by atoms with Crippen LogP contribution in [0.4, 0.5) is 0 Å². The summed E-state index contributed by atoms with van der Waals surface area (Å²) in [4.78, 5) is 2.61. The summed E-state index contributed by atoms with van der Waals surface area (Å²) in [7, 11) is 0. The Balaban J connectivity index is 1.77. The van der Waals surface area contributed by atoms with Gasteiger partial charge in [0.15, 0.2) is 0 Å². The Kier molecular flexibility index (Phi) is 6.13. The van der Waals surface area contributed by atoms with Gasteiger partial charge in [0, 0.05) is 18.6 Å². The summed E-state index contributed by atoms with van der Waals surface area (Å²) < 4.78 is 0. The van der Waals surface area contributed by atoms with Crippen molar-refractivity contribution in [3.8, 4) is 6.07 Å². The first kappa shape index (κ1) is 14.8. The molecule has 3 heteroatoms. The van der Waals surface area contributed by atoms with E-state index >= 15 is 0 Å². The monoisotopic (exact) mass is 263 g/mol. The van der Waals surface area contributed by atoms with Gasteiger partial charge in [-0.2, -0.15) is 5.26 Å². The number of hydrogen-bond acceptors (Lipinski definition) is 3. The van der Waals surface area contributed by atoms with Gasteiger partial charge in [-0.05, 0) is 45.7 Å². The first-order chi connectivity index (χ1) is 9.31. The highest BCUT2D eigenvalue weighted by Gasteiger charge is 2.24. The summed E-state index contributed by atoms with van der Waals surface area (Å²) in [6.07, 6.45) is 10.2. The van der Waals surface area contributed by atoms with Crippen LogP contribution in [0.15, 0.2) is 0 Å². The molecule has 19 heavy (non-hydrogen) atoms. The number of hydrogen-bond donors (Lipinski definition) is 1. The van der Waals surface area contributed by atoms with Crippen LogP contribution < -0.4 is 5.32 Å². The molecule has 3 atom stereocenters. The van der Waals surface area contributed by atoms with Gasteiger partial charge in [0.1, 0.15) is 0 Å². The number of piperidine rings is 1. The van der Waals surface area contributed by atoms with E-state index in [9.17, 15) is 5.26 Å². The molecule has 0 amide bonds. The average Bonchev–Trinajstić information content (AvgIpc) is 2.70. The molecule has 3 nitrogen and oxygen atoms in total. The molecule has 2 fully saturated rings. The fourth-order valence-electron chi connectivity index (χ4n) is 3.52. The molecule has 1 aliphatic carbocycles. The van der Waals surface area contributed by atoms with Crippen LogP contribution >= 0.6 is 0 Å². The zero-order valence-electron chi connectivity index (χ0n) is 12.4. The fraction of sp³-hybridized carbons (Fsp3) is 0.938. The highest BCUT2D eigenvalue weighted by Crippen LogP contribution is 2.23. The first-order valence-corrected chi connectivity index (χ1v) is 8.18. The van der Waals surface area contributed by atoms with E-state index in [2.05, 4.69) is 23.2 Å². The lowest BCUT2D eigenvalue weighted by Gasteiger charge is -2.34. The van der Waals surface area contributed by atoms with Crippen LogP contribution in [0.3, 0.4) is 0 Å². The highest BCUT2D eigenvalue weighted by molar-refractivity contribution is 4.94. The van der Waals surface area contributed by atoms with Crippen molar-refractivity contribution in [1.82, 2.24) is 10.2 Å². The SMILES string of the molecule is CC(CNC1CCCCCC1C#N)N1CCCCC1. The highest BCUT2D eigenvalue weighted by atomic mass is 15.2. The predicted molar refractivity (Wildman–Crippen MR) is 78.9 cm³/mol. The third-order valence-corrected chi connectivity index (χ3v) is 4.87. The Labute approximate surface area is 118 Å². The second kappa shape index (κ2) is 7.87. The molecule has 2 rings (SSSR count). The van der Waals surface area contributed by atoms with Crippen LogP contribution in [0.2, 0.25) is 0 Å². The molecule has 0 aromatic heterocycles. The van der Waals surface area contributed by atoms with E-state index in [0.29, 0.717) is 12.1 Å². The molecule has 0 aromatic rings. The zero-order valence-corrected chi connectivity index (χ0v) is 12.4. The van der Waals surface area contributed by atoms with E-state index in [-0.39, 0.29) is 5.92 Å². The van der Waals surface area contributed by atoms with Crippen molar-refractivity contribution >= 4 is 0 Å². The quantitative estimate of drug-likeness (QED) is 0.793. The smallest absolute Gasteiger partial charge is 0.0672 e. The fourth-order valence-corrected chi connectivity index (χ4v) is 3.52. The van der Waals surface area contributed by atoms with Crippen molar-refractivity contribution < 1.29 is 0 Å². The molecule has 1 N–H and O–H groups in total. The molecule has 1 saturated heterocycles. The lowest BCUT2D eigenvalue weighted by molar-refractivity contribution is 0.165. The predicted octanol–water partition coefficient (Wildman–Crippen LogP) is 2.92. The van der Waals surface area contributed by atoms with Crippen LogP contribution in [0.1, 0.15) is 58.3 Å². The van der Waals surface area contributed by atoms with Crippen molar-refractivity contribution in [2.75, 3.05) is 19.6 Å². The van der Waals surface area contributed by atoms with E-state index < -0.39 is 0 Å². The summed E-state index contributed by atoms with van der Waals surface area (Å²) in [5.41, 5.74) is 0. The molecule has 0 radical (unpaired) electrons.